The van der Waals surface area contributed by atoms with Crippen molar-refractivity contribution in [1.29, 1.82) is 0 Å². The Morgan fingerprint density at radius 1 is 1.00 bits per heavy atom. The molecule has 0 saturated carbocycles. The van der Waals surface area contributed by atoms with Crippen LogP contribution < -0.4 is 9.64 Å². The standard InChI is InChI=1S/C19H23ClN2O3S/c1-14-13-19(15(2)12-18(14)25-3)26(23,24)22-10-8-21(9-11-22)17-7-5-4-6-16(17)20/h4-7,12-13H,8-11H2,1-3H3. The smallest absolute Gasteiger partial charge is 0.243 e. The number of methoxy groups -OCH3 is 1. The average molecular weight is 395 g/mol. The van der Waals surface area contributed by atoms with Crippen LogP contribution in [0.3, 0.4) is 0 Å². The van der Waals surface area contributed by atoms with Crippen LogP contribution in [0.2, 0.25) is 5.02 Å². The van der Waals surface area contributed by atoms with Crippen molar-refractivity contribution in [1.82, 2.24) is 4.31 Å². The molecule has 0 radical (unpaired) electrons. The van der Waals surface area contributed by atoms with E-state index in [0.717, 1.165) is 11.3 Å². The Kier molecular flexibility index (Phi) is 5.46. The van der Waals surface area contributed by atoms with Crippen LogP contribution in [-0.2, 0) is 10.0 Å². The molecule has 0 aliphatic carbocycles. The Hall–Kier alpha value is -1.76. The summed E-state index contributed by atoms with van der Waals surface area (Å²) in [5.74, 6) is 0.699. The molecule has 0 spiro atoms. The van der Waals surface area contributed by atoms with E-state index in [1.165, 1.54) is 0 Å². The number of nitrogens with zero attached hydrogens (tertiary/aromatic N) is 2. The molecule has 0 bridgehead atoms. The first-order valence-electron chi connectivity index (χ1n) is 8.49. The Morgan fingerprint density at radius 2 is 1.65 bits per heavy atom. The highest BCUT2D eigenvalue weighted by molar-refractivity contribution is 7.89. The summed E-state index contributed by atoms with van der Waals surface area (Å²) < 4.78 is 33.1. The summed E-state index contributed by atoms with van der Waals surface area (Å²) in [6, 6.07) is 11.1. The predicted octanol–water partition coefficient (Wildman–Crippen LogP) is 3.48. The van der Waals surface area contributed by atoms with Crippen LogP contribution in [0, 0.1) is 13.8 Å². The van der Waals surface area contributed by atoms with Crippen molar-refractivity contribution in [2.45, 2.75) is 18.7 Å². The highest BCUT2D eigenvalue weighted by atomic mass is 35.5. The van der Waals surface area contributed by atoms with Crippen molar-refractivity contribution < 1.29 is 13.2 Å². The first kappa shape index (κ1) is 19.0. The molecule has 7 heteroatoms. The lowest BCUT2D eigenvalue weighted by molar-refractivity contribution is 0.384. The zero-order valence-corrected chi connectivity index (χ0v) is 16.8. The van der Waals surface area contributed by atoms with Gasteiger partial charge in [0, 0.05) is 26.2 Å². The number of para-hydroxylation sites is 1. The zero-order chi connectivity index (χ0) is 18.9. The molecule has 5 nitrogen and oxygen atoms in total. The number of hydrogen-bond donors (Lipinski definition) is 0. The molecule has 1 heterocycles. The van der Waals surface area contributed by atoms with Crippen LogP contribution in [0.5, 0.6) is 5.75 Å². The van der Waals surface area contributed by atoms with Crippen LogP contribution in [0.4, 0.5) is 5.69 Å². The van der Waals surface area contributed by atoms with Crippen molar-refractivity contribution in [3.05, 3.63) is 52.5 Å². The Balaban J connectivity index is 1.81. The summed E-state index contributed by atoms with van der Waals surface area (Å²) >= 11 is 6.26. The fourth-order valence-electron chi connectivity index (χ4n) is 3.28. The van der Waals surface area contributed by atoms with E-state index in [1.54, 1.807) is 30.5 Å². The second kappa shape index (κ2) is 7.47. The number of aryl methyl sites for hydroxylation is 2. The van der Waals surface area contributed by atoms with Gasteiger partial charge in [0.15, 0.2) is 0 Å². The number of halogens is 1. The van der Waals surface area contributed by atoms with Crippen molar-refractivity contribution in [2.24, 2.45) is 0 Å². The largest absolute Gasteiger partial charge is 0.496 e. The molecule has 0 aromatic heterocycles. The van der Waals surface area contributed by atoms with Crippen LogP contribution in [-0.4, -0.2) is 46.0 Å². The van der Waals surface area contributed by atoms with Crippen molar-refractivity contribution >= 4 is 27.3 Å². The van der Waals surface area contributed by atoms with Gasteiger partial charge in [-0.3, -0.25) is 0 Å². The van der Waals surface area contributed by atoms with E-state index in [0.29, 0.717) is 47.4 Å². The van der Waals surface area contributed by atoms with E-state index >= 15 is 0 Å². The van der Waals surface area contributed by atoms with Gasteiger partial charge in [-0.25, -0.2) is 8.42 Å². The number of anilines is 1. The molecule has 0 unspecified atom stereocenters. The van der Waals surface area contributed by atoms with Gasteiger partial charge in [-0.05, 0) is 49.2 Å². The molecule has 3 rings (SSSR count). The summed E-state index contributed by atoms with van der Waals surface area (Å²) in [5.41, 5.74) is 2.45. The maximum absolute atomic E-state index is 13.1. The number of sulfonamides is 1. The number of rotatable bonds is 4. The third-order valence-corrected chi connectivity index (χ3v) is 7.10. The normalized spacial score (nSPS) is 15.9. The van der Waals surface area contributed by atoms with Crippen LogP contribution in [0.15, 0.2) is 41.3 Å². The quantitative estimate of drug-likeness (QED) is 0.796. The summed E-state index contributed by atoms with van der Waals surface area (Å²) in [6.07, 6.45) is 0. The Bertz CT molecular complexity index is 907. The van der Waals surface area contributed by atoms with Gasteiger partial charge in [-0.2, -0.15) is 4.31 Å². The van der Waals surface area contributed by atoms with Gasteiger partial charge in [-0.15, -0.1) is 0 Å². The molecule has 1 fully saturated rings. The minimum atomic E-state index is -3.54. The first-order chi connectivity index (χ1) is 12.3. The van der Waals surface area contributed by atoms with Crippen molar-refractivity contribution in [3.8, 4) is 5.75 Å². The summed E-state index contributed by atoms with van der Waals surface area (Å²) in [4.78, 5) is 2.47. The molecule has 0 N–H and O–H groups in total. The minimum Gasteiger partial charge on any atom is -0.496 e. The third-order valence-electron chi connectivity index (χ3n) is 4.74. The van der Waals surface area contributed by atoms with Gasteiger partial charge < -0.3 is 9.64 Å². The lowest BCUT2D eigenvalue weighted by Crippen LogP contribution is -2.48. The molecule has 140 valence electrons. The second-order valence-corrected chi connectivity index (χ2v) is 8.74. The second-order valence-electron chi connectivity index (χ2n) is 6.43. The summed E-state index contributed by atoms with van der Waals surface area (Å²) in [7, 11) is -1.95. The first-order valence-corrected chi connectivity index (χ1v) is 10.3. The van der Waals surface area contributed by atoms with Gasteiger partial charge in [0.1, 0.15) is 5.75 Å². The minimum absolute atomic E-state index is 0.349. The van der Waals surface area contributed by atoms with E-state index in [1.807, 2.05) is 31.2 Å². The monoisotopic (exact) mass is 394 g/mol. The highest BCUT2D eigenvalue weighted by Gasteiger charge is 2.30. The lowest BCUT2D eigenvalue weighted by Gasteiger charge is -2.36. The highest BCUT2D eigenvalue weighted by Crippen LogP contribution is 2.30. The fourth-order valence-corrected chi connectivity index (χ4v) is 5.25. The van der Waals surface area contributed by atoms with E-state index in [-0.39, 0.29) is 0 Å². The van der Waals surface area contributed by atoms with Gasteiger partial charge in [0.25, 0.3) is 0 Å². The molecule has 0 amide bonds. The van der Waals surface area contributed by atoms with Crippen LogP contribution >= 0.6 is 11.6 Å². The number of ether oxygens (including phenoxy) is 1. The van der Waals surface area contributed by atoms with Crippen LogP contribution in [0.1, 0.15) is 11.1 Å². The number of piperazine rings is 1. The molecule has 0 atom stereocenters. The van der Waals surface area contributed by atoms with Gasteiger partial charge in [0.05, 0.1) is 22.7 Å². The molecule has 1 aliphatic rings. The zero-order valence-electron chi connectivity index (χ0n) is 15.2. The summed E-state index contributed by atoms with van der Waals surface area (Å²) in [5, 5.41) is 0.686. The van der Waals surface area contributed by atoms with E-state index < -0.39 is 10.0 Å². The lowest BCUT2D eigenvalue weighted by atomic mass is 10.1. The van der Waals surface area contributed by atoms with E-state index in [2.05, 4.69) is 4.90 Å². The Morgan fingerprint density at radius 3 is 2.27 bits per heavy atom. The van der Waals surface area contributed by atoms with E-state index in [9.17, 15) is 8.42 Å². The molecule has 2 aromatic carbocycles. The van der Waals surface area contributed by atoms with Gasteiger partial charge in [-0.1, -0.05) is 23.7 Å². The molecule has 26 heavy (non-hydrogen) atoms. The Labute approximate surface area is 160 Å². The fraction of sp³-hybridized carbons (Fsp3) is 0.368. The topological polar surface area (TPSA) is 49.9 Å². The maximum Gasteiger partial charge on any atom is 0.243 e. The average Bonchev–Trinajstić information content (AvgIpc) is 2.63. The van der Waals surface area contributed by atoms with Gasteiger partial charge >= 0.3 is 0 Å². The summed E-state index contributed by atoms with van der Waals surface area (Å²) in [6.45, 7) is 5.73. The van der Waals surface area contributed by atoms with E-state index in [4.69, 9.17) is 16.3 Å². The van der Waals surface area contributed by atoms with Crippen LogP contribution in [0.25, 0.3) is 0 Å². The number of benzene rings is 2. The third kappa shape index (κ3) is 3.54. The molecular weight excluding hydrogens is 372 g/mol. The molecule has 2 aromatic rings. The SMILES string of the molecule is COc1cc(C)c(S(=O)(=O)N2CCN(c3ccccc3Cl)CC2)cc1C. The maximum atomic E-state index is 13.1. The molecular formula is C19H23ClN2O3S. The van der Waals surface area contributed by atoms with Gasteiger partial charge in [0.2, 0.25) is 10.0 Å². The molecule has 1 aliphatic heterocycles. The number of hydrogen-bond acceptors (Lipinski definition) is 4. The van der Waals surface area contributed by atoms with Crippen molar-refractivity contribution in [3.63, 3.8) is 0 Å². The predicted molar refractivity (Wildman–Crippen MR) is 105 cm³/mol. The molecule has 1 saturated heterocycles. The van der Waals surface area contributed by atoms with Crippen molar-refractivity contribution in [2.75, 3.05) is 38.2 Å².